The summed E-state index contributed by atoms with van der Waals surface area (Å²) in [5, 5.41) is 82.3. The highest BCUT2D eigenvalue weighted by molar-refractivity contribution is 5.88. The number of carboxylic acids is 2. The van der Waals surface area contributed by atoms with E-state index in [0.717, 1.165) is 0 Å². The smallest absolute Gasteiger partial charge is 0.336 e. The van der Waals surface area contributed by atoms with Crippen molar-refractivity contribution < 1.29 is 65.1 Å². The molecule has 0 spiro atoms. The van der Waals surface area contributed by atoms with Crippen molar-refractivity contribution in [3.63, 3.8) is 0 Å². The molecular formula is C12H22MgO13. The van der Waals surface area contributed by atoms with Crippen molar-refractivity contribution in [1.82, 2.24) is 0 Å². The second-order valence-electron chi connectivity index (χ2n) is 5.19. The maximum absolute atomic E-state index is 11.5. The van der Waals surface area contributed by atoms with Crippen molar-refractivity contribution >= 4 is 41.0 Å². The molecule has 0 aromatic heterocycles. The average Bonchev–Trinajstić information content (AvgIpc) is 2.50. The minimum absolute atomic E-state index is 0. The Balaban J connectivity index is 0. The summed E-state index contributed by atoms with van der Waals surface area (Å²) < 4.78 is 4.16. The third kappa shape index (κ3) is 8.06. The van der Waals surface area contributed by atoms with Crippen molar-refractivity contribution in [3.8, 4) is 0 Å². The predicted molar refractivity (Wildman–Crippen MR) is 81.2 cm³/mol. The van der Waals surface area contributed by atoms with Gasteiger partial charge in [0.2, 0.25) is 6.29 Å². The van der Waals surface area contributed by atoms with E-state index >= 15 is 0 Å². The van der Waals surface area contributed by atoms with E-state index in [1.807, 2.05) is 0 Å². The van der Waals surface area contributed by atoms with Crippen LogP contribution < -0.4 is 0 Å². The van der Waals surface area contributed by atoms with Gasteiger partial charge in [-0.15, -0.1) is 0 Å². The van der Waals surface area contributed by atoms with Gasteiger partial charge in [-0.05, 0) is 0 Å². The summed E-state index contributed by atoms with van der Waals surface area (Å²) in [7, 11) is 0. The van der Waals surface area contributed by atoms with Gasteiger partial charge in [-0.1, -0.05) is 0 Å². The summed E-state index contributed by atoms with van der Waals surface area (Å²) in [5.74, 6) is -5.43. The van der Waals surface area contributed by atoms with Gasteiger partial charge in [0.15, 0.2) is 5.60 Å². The van der Waals surface area contributed by atoms with Crippen LogP contribution in [0.2, 0.25) is 0 Å². The van der Waals surface area contributed by atoms with E-state index in [1.54, 1.807) is 0 Å². The molecule has 0 rings (SSSR count). The number of hydrogen-bond donors (Lipinski definition) is 9. The highest BCUT2D eigenvalue weighted by atomic mass is 24.3. The van der Waals surface area contributed by atoms with E-state index in [0.29, 0.717) is 0 Å². The fraction of sp³-hybridized carbons (Fsp3) is 0.750. The molecule has 150 valence electrons. The van der Waals surface area contributed by atoms with E-state index in [2.05, 4.69) is 4.74 Å². The Morgan fingerprint density at radius 1 is 0.885 bits per heavy atom. The van der Waals surface area contributed by atoms with Crippen molar-refractivity contribution in [2.45, 2.75) is 49.1 Å². The maximum atomic E-state index is 11.5. The molecule has 0 radical (unpaired) electrons. The van der Waals surface area contributed by atoms with Gasteiger partial charge in [0, 0.05) is 0 Å². The van der Waals surface area contributed by atoms with E-state index in [1.165, 1.54) is 0 Å². The molecule has 0 aliphatic carbocycles. The molecule has 9 N–H and O–H groups in total. The summed E-state index contributed by atoms with van der Waals surface area (Å²) in [6.07, 6.45) is -14.0. The standard InChI is InChI=1S/C12H20O13.Mg.2H/c13-3-4(14)7(18)8(19)9(20)10(21)25-6(17)2-12(24,11(22)23)1-5(15)16;;;/h4,7-10,13-14,18-21,24H,1-3H2,(H,15,16)(H,22,23);;;/t4-,7-,8+,9-,10?,12?;;;/m1.../s1. The van der Waals surface area contributed by atoms with Crippen molar-refractivity contribution in [3.05, 3.63) is 0 Å². The molecule has 14 heteroatoms. The van der Waals surface area contributed by atoms with Crippen LogP contribution in [0, 0.1) is 0 Å². The Labute approximate surface area is 162 Å². The zero-order valence-electron chi connectivity index (χ0n) is 12.7. The van der Waals surface area contributed by atoms with Crippen LogP contribution in [0.25, 0.3) is 0 Å². The Morgan fingerprint density at radius 3 is 1.77 bits per heavy atom. The number of aliphatic hydroxyl groups is 7. The quantitative estimate of drug-likeness (QED) is 0.0894. The summed E-state index contributed by atoms with van der Waals surface area (Å²) in [4.78, 5) is 32.9. The number of aliphatic hydroxyl groups excluding tert-OH is 6. The topological polar surface area (TPSA) is 243 Å². The van der Waals surface area contributed by atoms with E-state index in [4.69, 9.17) is 20.4 Å². The third-order valence-corrected chi connectivity index (χ3v) is 3.10. The Kier molecular flexibility index (Phi) is 12.1. The summed E-state index contributed by atoms with van der Waals surface area (Å²) in [6, 6.07) is 0. The molecule has 13 nitrogen and oxygen atoms in total. The molecule has 0 aliphatic rings. The largest absolute Gasteiger partial charge is 0.481 e. The van der Waals surface area contributed by atoms with Crippen LogP contribution in [0.1, 0.15) is 12.8 Å². The fourth-order valence-corrected chi connectivity index (χ4v) is 1.66. The molecular weight excluding hydrogens is 376 g/mol. The predicted octanol–water partition coefficient (Wildman–Crippen LogP) is -5.95. The second kappa shape index (κ2) is 11.6. The van der Waals surface area contributed by atoms with Crippen molar-refractivity contribution in [1.29, 1.82) is 0 Å². The molecule has 2 unspecified atom stereocenters. The summed E-state index contributed by atoms with van der Waals surface area (Å²) >= 11 is 0. The van der Waals surface area contributed by atoms with Crippen molar-refractivity contribution in [2.75, 3.05) is 6.61 Å². The maximum Gasteiger partial charge on any atom is 0.336 e. The molecule has 0 heterocycles. The van der Waals surface area contributed by atoms with Crippen LogP contribution in [0.3, 0.4) is 0 Å². The van der Waals surface area contributed by atoms with Gasteiger partial charge in [0.1, 0.15) is 24.4 Å². The van der Waals surface area contributed by atoms with Crippen LogP contribution >= 0.6 is 0 Å². The lowest BCUT2D eigenvalue weighted by molar-refractivity contribution is -0.217. The molecule has 0 aromatic rings. The Bertz CT molecular complexity index is 486. The number of ether oxygens (including phenoxy) is 1. The van der Waals surface area contributed by atoms with E-state index < -0.39 is 73.7 Å². The van der Waals surface area contributed by atoms with Crippen LogP contribution in [0.5, 0.6) is 0 Å². The Hall–Kier alpha value is -1.10. The van der Waals surface area contributed by atoms with Gasteiger partial charge in [-0.3, -0.25) is 9.59 Å². The normalized spacial score (nSPS) is 19.0. The molecule has 0 aliphatic heterocycles. The first kappa shape index (κ1) is 27.1. The number of esters is 1. The first-order chi connectivity index (χ1) is 11.4. The second-order valence-corrected chi connectivity index (χ2v) is 5.19. The van der Waals surface area contributed by atoms with Crippen LogP contribution in [0.15, 0.2) is 0 Å². The van der Waals surface area contributed by atoms with Crippen LogP contribution in [0.4, 0.5) is 0 Å². The van der Waals surface area contributed by atoms with Gasteiger partial charge in [0.25, 0.3) is 0 Å². The molecule has 0 aromatic carbocycles. The Morgan fingerprint density at radius 2 is 1.38 bits per heavy atom. The number of aliphatic carboxylic acids is 2. The molecule has 26 heavy (non-hydrogen) atoms. The lowest BCUT2D eigenvalue weighted by Gasteiger charge is -2.28. The third-order valence-electron chi connectivity index (χ3n) is 3.10. The van der Waals surface area contributed by atoms with Crippen molar-refractivity contribution in [2.24, 2.45) is 0 Å². The number of rotatable bonds is 11. The lowest BCUT2D eigenvalue weighted by Crippen LogP contribution is -2.51. The number of hydrogen-bond acceptors (Lipinski definition) is 11. The first-order valence-corrected chi connectivity index (χ1v) is 6.74. The average molecular weight is 399 g/mol. The summed E-state index contributed by atoms with van der Waals surface area (Å²) in [6.45, 7) is -0.998. The molecule has 0 fully saturated rings. The van der Waals surface area contributed by atoms with E-state index in [9.17, 15) is 39.9 Å². The van der Waals surface area contributed by atoms with Gasteiger partial charge in [-0.2, -0.15) is 0 Å². The highest BCUT2D eigenvalue weighted by Crippen LogP contribution is 2.18. The molecule has 0 bridgehead atoms. The van der Waals surface area contributed by atoms with Crippen LogP contribution in [-0.2, 0) is 19.1 Å². The molecule has 6 atom stereocenters. The highest BCUT2D eigenvalue weighted by Gasteiger charge is 2.43. The minimum atomic E-state index is -3.04. The monoisotopic (exact) mass is 398 g/mol. The van der Waals surface area contributed by atoms with Crippen LogP contribution in [-0.4, -0.2) is 130 Å². The minimum Gasteiger partial charge on any atom is -0.481 e. The number of carboxylic acid groups (broad SMARTS) is 2. The molecule has 0 amide bonds. The SMILES string of the molecule is O=C(O)CC(O)(CC(=O)OC(O)[C@H](O)[C@@H](O)[C@H](O)[C@H](O)CO)C(=O)O.[MgH2]. The fourth-order valence-electron chi connectivity index (χ4n) is 1.66. The first-order valence-electron chi connectivity index (χ1n) is 6.74. The zero-order chi connectivity index (χ0) is 19.9. The van der Waals surface area contributed by atoms with Gasteiger partial charge < -0.3 is 50.7 Å². The number of carbonyl (C=O) groups is 3. The number of carbonyl (C=O) groups excluding carboxylic acids is 1. The van der Waals surface area contributed by atoms with Gasteiger partial charge in [0.05, 0.1) is 19.4 Å². The van der Waals surface area contributed by atoms with Gasteiger partial charge >= 0.3 is 41.0 Å². The summed E-state index contributed by atoms with van der Waals surface area (Å²) in [5.41, 5.74) is -3.04. The zero-order valence-corrected chi connectivity index (χ0v) is 12.7. The lowest BCUT2D eigenvalue weighted by atomic mass is 9.96. The van der Waals surface area contributed by atoms with Gasteiger partial charge in [-0.25, -0.2) is 4.79 Å². The van der Waals surface area contributed by atoms with E-state index in [-0.39, 0.29) is 23.1 Å². The molecule has 0 saturated heterocycles. The molecule has 0 saturated carbocycles.